The van der Waals surface area contributed by atoms with E-state index >= 15 is 0 Å². The van der Waals surface area contributed by atoms with E-state index in [1.165, 1.54) is 18.4 Å². The molecule has 112 valence electrons. The summed E-state index contributed by atoms with van der Waals surface area (Å²) in [5.74, 6) is -0.457. The number of esters is 2. The number of H-pyrrole nitrogens is 1. The fraction of sp³-hybridized carbons (Fsp3) is 0.125. The van der Waals surface area contributed by atoms with Crippen molar-refractivity contribution in [2.45, 2.75) is 6.92 Å². The highest BCUT2D eigenvalue weighted by Crippen LogP contribution is 2.27. The second kappa shape index (κ2) is 5.65. The van der Waals surface area contributed by atoms with E-state index in [1.807, 2.05) is 5.38 Å². The van der Waals surface area contributed by atoms with Gasteiger partial charge in [0.15, 0.2) is 0 Å². The zero-order chi connectivity index (χ0) is 15.7. The first kappa shape index (κ1) is 14.3. The number of nitrogens with one attached hydrogen (secondary N) is 1. The van der Waals surface area contributed by atoms with Gasteiger partial charge in [0, 0.05) is 16.6 Å². The van der Waals surface area contributed by atoms with E-state index in [0.29, 0.717) is 27.3 Å². The van der Waals surface area contributed by atoms with Crippen LogP contribution in [0, 0.1) is 6.92 Å². The van der Waals surface area contributed by atoms with Crippen LogP contribution in [-0.2, 0) is 4.74 Å². The van der Waals surface area contributed by atoms with E-state index in [-0.39, 0.29) is 0 Å². The Morgan fingerprint density at radius 1 is 1.18 bits per heavy atom. The maximum atomic E-state index is 12.0. The zero-order valence-corrected chi connectivity index (χ0v) is 12.8. The van der Waals surface area contributed by atoms with Gasteiger partial charge in [-0.3, -0.25) is 0 Å². The number of fused-ring (bicyclic) bond motifs is 1. The van der Waals surface area contributed by atoms with Crippen molar-refractivity contribution in [3.8, 4) is 5.75 Å². The SMILES string of the molecule is COC(=O)c1c(C)[nH]c2ccc(OC(=O)c3cccs3)cc12. The van der Waals surface area contributed by atoms with Crippen molar-refractivity contribution < 1.29 is 19.1 Å². The number of hydrogen-bond acceptors (Lipinski definition) is 5. The molecule has 0 spiro atoms. The number of benzene rings is 1. The Balaban J connectivity index is 1.98. The number of methoxy groups -OCH3 is 1. The first-order valence-electron chi connectivity index (χ1n) is 6.56. The standard InChI is InChI=1S/C16H13NO4S/c1-9-14(16(19)20-2)11-8-10(5-6-12(11)17-9)21-15(18)13-4-3-7-22-13/h3-8,17H,1-2H3. The fourth-order valence-corrected chi connectivity index (χ4v) is 2.89. The summed E-state index contributed by atoms with van der Waals surface area (Å²) in [5.41, 5.74) is 1.95. The van der Waals surface area contributed by atoms with Crippen LogP contribution >= 0.6 is 11.3 Å². The van der Waals surface area contributed by atoms with Gasteiger partial charge in [-0.05, 0) is 36.6 Å². The number of hydrogen-bond donors (Lipinski definition) is 1. The third kappa shape index (κ3) is 2.48. The van der Waals surface area contributed by atoms with Crippen molar-refractivity contribution >= 4 is 34.2 Å². The van der Waals surface area contributed by atoms with Crippen LogP contribution in [0.25, 0.3) is 10.9 Å². The molecule has 0 aliphatic heterocycles. The van der Waals surface area contributed by atoms with Gasteiger partial charge in [-0.2, -0.15) is 0 Å². The highest BCUT2D eigenvalue weighted by atomic mass is 32.1. The van der Waals surface area contributed by atoms with Crippen molar-refractivity contribution in [2.24, 2.45) is 0 Å². The molecule has 0 saturated carbocycles. The molecule has 1 aromatic carbocycles. The van der Waals surface area contributed by atoms with Crippen LogP contribution < -0.4 is 4.74 Å². The maximum absolute atomic E-state index is 12.0. The normalized spacial score (nSPS) is 10.6. The molecule has 0 unspecified atom stereocenters. The Bertz CT molecular complexity index is 849. The van der Waals surface area contributed by atoms with Crippen molar-refractivity contribution in [2.75, 3.05) is 7.11 Å². The van der Waals surface area contributed by atoms with E-state index in [1.54, 1.807) is 37.3 Å². The second-order valence-corrected chi connectivity index (χ2v) is 5.64. The van der Waals surface area contributed by atoms with E-state index in [2.05, 4.69) is 4.98 Å². The van der Waals surface area contributed by atoms with Crippen molar-refractivity contribution in [1.29, 1.82) is 0 Å². The lowest BCUT2D eigenvalue weighted by Gasteiger charge is -2.04. The minimum absolute atomic E-state index is 0.384. The molecule has 3 aromatic rings. The predicted octanol–water partition coefficient (Wildman–Crippen LogP) is 3.54. The molecule has 1 N–H and O–H groups in total. The Hall–Kier alpha value is -2.60. The molecule has 22 heavy (non-hydrogen) atoms. The summed E-state index contributed by atoms with van der Waals surface area (Å²) in [6.45, 7) is 1.80. The van der Waals surface area contributed by atoms with Gasteiger partial charge in [-0.15, -0.1) is 11.3 Å². The molecule has 3 rings (SSSR count). The molecule has 0 amide bonds. The fourth-order valence-electron chi connectivity index (χ4n) is 2.29. The highest BCUT2D eigenvalue weighted by molar-refractivity contribution is 7.12. The van der Waals surface area contributed by atoms with Crippen LogP contribution in [0.5, 0.6) is 5.75 Å². The molecule has 0 radical (unpaired) electrons. The summed E-state index contributed by atoms with van der Waals surface area (Å²) < 4.78 is 10.1. The minimum Gasteiger partial charge on any atom is -0.465 e. The summed E-state index contributed by atoms with van der Waals surface area (Å²) >= 11 is 1.31. The van der Waals surface area contributed by atoms with Crippen LogP contribution in [-0.4, -0.2) is 24.0 Å². The van der Waals surface area contributed by atoms with E-state index in [9.17, 15) is 9.59 Å². The van der Waals surface area contributed by atoms with E-state index < -0.39 is 11.9 Å². The molecule has 2 heterocycles. The first-order valence-corrected chi connectivity index (χ1v) is 7.44. The predicted molar refractivity (Wildman–Crippen MR) is 83.7 cm³/mol. The molecule has 5 nitrogen and oxygen atoms in total. The van der Waals surface area contributed by atoms with Crippen LogP contribution in [0.15, 0.2) is 35.7 Å². The summed E-state index contributed by atoms with van der Waals surface area (Å²) in [4.78, 5) is 27.5. The summed E-state index contributed by atoms with van der Waals surface area (Å²) in [5, 5.41) is 2.48. The number of carbonyl (C=O) groups is 2. The van der Waals surface area contributed by atoms with Gasteiger partial charge < -0.3 is 14.5 Å². The van der Waals surface area contributed by atoms with Crippen LogP contribution in [0.2, 0.25) is 0 Å². The van der Waals surface area contributed by atoms with Crippen molar-refractivity contribution in [3.05, 3.63) is 51.8 Å². The first-order chi connectivity index (χ1) is 10.6. The third-order valence-electron chi connectivity index (χ3n) is 3.28. The van der Waals surface area contributed by atoms with Gasteiger partial charge in [0.05, 0.1) is 12.7 Å². The van der Waals surface area contributed by atoms with Gasteiger partial charge in [0.1, 0.15) is 10.6 Å². The lowest BCUT2D eigenvalue weighted by atomic mass is 10.1. The maximum Gasteiger partial charge on any atom is 0.353 e. The number of aromatic nitrogens is 1. The molecule has 0 saturated heterocycles. The quantitative estimate of drug-likeness (QED) is 0.593. The molecule has 0 bridgehead atoms. The summed E-state index contributed by atoms with van der Waals surface area (Å²) in [6, 6.07) is 8.61. The number of carbonyl (C=O) groups excluding carboxylic acids is 2. The average Bonchev–Trinajstić information content (AvgIpc) is 3.13. The smallest absolute Gasteiger partial charge is 0.353 e. The highest BCUT2D eigenvalue weighted by Gasteiger charge is 2.18. The van der Waals surface area contributed by atoms with Crippen LogP contribution in [0.4, 0.5) is 0 Å². The van der Waals surface area contributed by atoms with Crippen molar-refractivity contribution in [1.82, 2.24) is 4.98 Å². The Morgan fingerprint density at radius 2 is 2.00 bits per heavy atom. The monoisotopic (exact) mass is 315 g/mol. The van der Waals surface area contributed by atoms with E-state index in [0.717, 1.165) is 5.52 Å². The third-order valence-corrected chi connectivity index (χ3v) is 4.13. The van der Waals surface area contributed by atoms with Gasteiger partial charge in [-0.25, -0.2) is 9.59 Å². The number of ether oxygens (including phenoxy) is 2. The molecular formula is C16H13NO4S. The molecule has 0 aliphatic carbocycles. The summed E-state index contributed by atoms with van der Waals surface area (Å²) in [7, 11) is 1.33. The molecular weight excluding hydrogens is 302 g/mol. The summed E-state index contributed by atoms with van der Waals surface area (Å²) in [6.07, 6.45) is 0. The van der Waals surface area contributed by atoms with Crippen molar-refractivity contribution in [3.63, 3.8) is 0 Å². The van der Waals surface area contributed by atoms with Crippen LogP contribution in [0.1, 0.15) is 25.7 Å². The zero-order valence-electron chi connectivity index (χ0n) is 12.0. The topological polar surface area (TPSA) is 68.4 Å². The lowest BCUT2D eigenvalue weighted by molar-refractivity contribution is 0.0602. The second-order valence-electron chi connectivity index (χ2n) is 4.69. The van der Waals surface area contributed by atoms with E-state index in [4.69, 9.17) is 9.47 Å². The number of aryl methyl sites for hydroxylation is 1. The molecule has 6 heteroatoms. The molecule has 0 atom stereocenters. The average molecular weight is 315 g/mol. The van der Waals surface area contributed by atoms with Gasteiger partial charge in [0.25, 0.3) is 0 Å². The largest absolute Gasteiger partial charge is 0.465 e. The Kier molecular flexibility index (Phi) is 3.68. The molecule has 0 aliphatic rings. The van der Waals surface area contributed by atoms with Crippen LogP contribution in [0.3, 0.4) is 0 Å². The molecule has 2 aromatic heterocycles. The minimum atomic E-state index is -0.425. The Morgan fingerprint density at radius 3 is 2.68 bits per heavy atom. The number of thiophene rings is 1. The number of aromatic amines is 1. The van der Waals surface area contributed by atoms with Gasteiger partial charge in [-0.1, -0.05) is 6.07 Å². The van der Waals surface area contributed by atoms with Gasteiger partial charge in [0.2, 0.25) is 0 Å². The number of rotatable bonds is 3. The van der Waals surface area contributed by atoms with Gasteiger partial charge >= 0.3 is 11.9 Å². The molecule has 0 fully saturated rings. The Labute approximate surface area is 130 Å². The lowest BCUT2D eigenvalue weighted by Crippen LogP contribution is -2.06.